The molecule has 0 radical (unpaired) electrons. The number of carbonyl (C=O) groups excluding carboxylic acids is 1. The van der Waals surface area contributed by atoms with Gasteiger partial charge in [-0.25, -0.2) is 4.98 Å². The Hall–Kier alpha value is -3.89. The molecule has 2 aromatic carbocycles. The predicted octanol–water partition coefficient (Wildman–Crippen LogP) is 5.56. The second-order valence-corrected chi connectivity index (χ2v) is 8.97. The molecule has 7 heteroatoms. The van der Waals surface area contributed by atoms with Gasteiger partial charge in [0.25, 0.3) is 0 Å². The van der Waals surface area contributed by atoms with Crippen molar-refractivity contribution in [3.8, 4) is 17.6 Å². The lowest BCUT2D eigenvalue weighted by Crippen LogP contribution is -2.15. The zero-order valence-corrected chi connectivity index (χ0v) is 20.4. The summed E-state index contributed by atoms with van der Waals surface area (Å²) in [6, 6.07) is 13.4. The van der Waals surface area contributed by atoms with Crippen LogP contribution in [0.1, 0.15) is 49.1 Å². The Morgan fingerprint density at radius 3 is 2.74 bits per heavy atom. The minimum atomic E-state index is 0.297. The van der Waals surface area contributed by atoms with E-state index in [4.69, 9.17) is 14.5 Å². The molecule has 1 saturated heterocycles. The van der Waals surface area contributed by atoms with E-state index in [9.17, 15) is 10.1 Å². The average Bonchev–Trinajstić information content (AvgIpc) is 3.29. The predicted molar refractivity (Wildman–Crippen MR) is 136 cm³/mol. The largest absolute Gasteiger partial charge is 0.453 e. The molecule has 4 rings (SSSR count). The summed E-state index contributed by atoms with van der Waals surface area (Å²) in [7, 11) is 3.90. The van der Waals surface area contributed by atoms with E-state index in [1.807, 2.05) is 62.5 Å². The number of carbonyl (C=O) groups is 1. The third-order valence-electron chi connectivity index (χ3n) is 5.97. The van der Waals surface area contributed by atoms with Gasteiger partial charge in [0.05, 0.1) is 11.1 Å². The fourth-order valence-corrected chi connectivity index (χ4v) is 4.24. The van der Waals surface area contributed by atoms with Crippen LogP contribution in [0, 0.1) is 11.3 Å². The molecule has 0 aliphatic carbocycles. The van der Waals surface area contributed by atoms with Crippen molar-refractivity contribution in [2.75, 3.05) is 27.3 Å². The van der Waals surface area contributed by atoms with Crippen LogP contribution in [-0.2, 0) is 9.53 Å². The van der Waals surface area contributed by atoms with Crippen molar-refractivity contribution < 1.29 is 14.3 Å². The van der Waals surface area contributed by atoms with Crippen LogP contribution < -0.4 is 4.74 Å². The number of aromatic nitrogens is 2. The lowest BCUT2D eigenvalue weighted by atomic mass is 10.00. The molecule has 1 aromatic heterocycles. The summed E-state index contributed by atoms with van der Waals surface area (Å²) in [5, 5.41) is 9.64. The number of benzene rings is 2. The van der Waals surface area contributed by atoms with Crippen LogP contribution in [0.3, 0.4) is 0 Å². The number of H-pyrrole nitrogens is 1. The molecular weight excluding hydrogens is 440 g/mol. The quantitative estimate of drug-likeness (QED) is 0.342. The zero-order valence-electron chi connectivity index (χ0n) is 20.4. The van der Waals surface area contributed by atoms with E-state index in [0.29, 0.717) is 34.9 Å². The molecule has 0 atom stereocenters. The van der Waals surface area contributed by atoms with E-state index in [1.54, 1.807) is 12.1 Å². The zero-order chi connectivity index (χ0) is 24.8. The summed E-state index contributed by atoms with van der Waals surface area (Å²) < 4.78 is 12.0. The number of aldehydes is 1. The molecule has 1 aliphatic heterocycles. The van der Waals surface area contributed by atoms with Gasteiger partial charge < -0.3 is 24.2 Å². The maximum absolute atomic E-state index is 11.1. The Morgan fingerprint density at radius 1 is 1.26 bits per heavy atom. The van der Waals surface area contributed by atoms with E-state index in [2.05, 4.69) is 11.1 Å². The van der Waals surface area contributed by atoms with Crippen molar-refractivity contribution >= 4 is 22.9 Å². The monoisotopic (exact) mass is 470 g/mol. The number of nitrogens with zero attached hydrogens (tertiary/aromatic N) is 3. The number of ether oxygens (including phenoxy) is 2. The van der Waals surface area contributed by atoms with E-state index >= 15 is 0 Å². The van der Waals surface area contributed by atoms with Crippen LogP contribution in [0.15, 0.2) is 54.2 Å². The van der Waals surface area contributed by atoms with Gasteiger partial charge in [0.1, 0.15) is 29.4 Å². The van der Waals surface area contributed by atoms with Crippen molar-refractivity contribution in [3.05, 3.63) is 71.2 Å². The smallest absolute Gasteiger partial charge is 0.163 e. The Kier molecular flexibility index (Phi) is 7.64. The number of fused-ring (bicyclic) bond motifs is 1. The minimum Gasteiger partial charge on any atom is -0.453 e. The average molecular weight is 471 g/mol. The molecule has 35 heavy (non-hydrogen) atoms. The van der Waals surface area contributed by atoms with Crippen LogP contribution in [0.4, 0.5) is 0 Å². The molecule has 1 aliphatic rings. The number of nitriles is 1. The van der Waals surface area contributed by atoms with E-state index in [1.165, 1.54) is 0 Å². The summed E-state index contributed by atoms with van der Waals surface area (Å²) in [5.41, 5.74) is 4.67. The van der Waals surface area contributed by atoms with Crippen LogP contribution in [0.25, 0.3) is 16.6 Å². The summed E-state index contributed by atoms with van der Waals surface area (Å²) in [6.07, 6.45) is 7.06. The molecule has 2 heterocycles. The minimum absolute atomic E-state index is 0.297. The van der Waals surface area contributed by atoms with Gasteiger partial charge in [-0.15, -0.1) is 0 Å². The van der Waals surface area contributed by atoms with Gasteiger partial charge in [0.15, 0.2) is 5.75 Å². The highest BCUT2D eigenvalue weighted by atomic mass is 16.5. The molecule has 0 amide bonds. The summed E-state index contributed by atoms with van der Waals surface area (Å²) in [6.45, 7) is 3.38. The second-order valence-electron chi connectivity index (χ2n) is 8.97. The summed E-state index contributed by atoms with van der Waals surface area (Å²) >= 11 is 0. The number of hydrogen-bond donors (Lipinski definition) is 1. The first-order valence-corrected chi connectivity index (χ1v) is 11.8. The maximum Gasteiger partial charge on any atom is 0.163 e. The first-order chi connectivity index (χ1) is 17.0. The van der Waals surface area contributed by atoms with Gasteiger partial charge in [-0.1, -0.05) is 23.8 Å². The number of aromatic amines is 1. The number of allylic oxidation sites excluding steroid dienone is 3. The van der Waals surface area contributed by atoms with Crippen molar-refractivity contribution in [2.24, 2.45) is 0 Å². The highest BCUT2D eigenvalue weighted by Gasteiger charge is 2.23. The first kappa shape index (κ1) is 24.2. The van der Waals surface area contributed by atoms with Crippen molar-refractivity contribution in [1.29, 1.82) is 5.26 Å². The summed E-state index contributed by atoms with van der Waals surface area (Å²) in [5.74, 6) is 2.26. The standard InChI is InChI=1S/C28H30N4O3/c1-19(10-13-33)16-22(18-32(2)3)23-8-9-24-26(31-28(30-24)20-11-14-34-15-12-20)27(23)35-25-7-5-4-6-21(25)17-29/h4-9,13,16,18,20H,10-12,14-15H2,1-3H3,(H,30,31)/b19-16-,22-18+. The first-order valence-electron chi connectivity index (χ1n) is 11.8. The molecule has 3 aromatic rings. The highest BCUT2D eigenvalue weighted by Crippen LogP contribution is 2.39. The molecule has 1 N–H and O–H groups in total. The number of rotatable bonds is 8. The van der Waals surface area contributed by atoms with Gasteiger partial charge >= 0.3 is 0 Å². The van der Waals surface area contributed by atoms with Gasteiger partial charge in [0.2, 0.25) is 0 Å². The Balaban J connectivity index is 1.91. The van der Waals surface area contributed by atoms with Crippen LogP contribution >= 0.6 is 0 Å². The fraction of sp³-hybridized carbons (Fsp3) is 0.321. The van der Waals surface area contributed by atoms with E-state index in [-0.39, 0.29) is 0 Å². The molecule has 180 valence electrons. The van der Waals surface area contributed by atoms with Gasteiger partial charge in [-0.2, -0.15) is 5.26 Å². The molecular formula is C28H30N4O3. The molecule has 7 nitrogen and oxygen atoms in total. The molecule has 0 bridgehead atoms. The Bertz CT molecular complexity index is 1310. The Morgan fingerprint density at radius 2 is 2.03 bits per heavy atom. The normalized spacial score (nSPS) is 15.1. The Labute approximate surface area is 205 Å². The molecule has 1 fully saturated rings. The summed E-state index contributed by atoms with van der Waals surface area (Å²) in [4.78, 5) is 21.5. The second kappa shape index (κ2) is 11.0. The fourth-order valence-electron chi connectivity index (χ4n) is 4.24. The van der Waals surface area contributed by atoms with Gasteiger partial charge in [-0.05, 0) is 44.0 Å². The van der Waals surface area contributed by atoms with E-state index < -0.39 is 0 Å². The number of nitrogens with one attached hydrogen (secondary N) is 1. The van der Waals surface area contributed by atoms with Crippen molar-refractivity contribution in [1.82, 2.24) is 14.9 Å². The molecule has 0 unspecified atom stereocenters. The SMILES string of the molecule is C/C(=C/C(=C\N(C)C)c1ccc2[nH]c(C3CCOCC3)nc2c1Oc1ccccc1C#N)CC=O. The van der Waals surface area contributed by atoms with E-state index in [0.717, 1.165) is 60.4 Å². The van der Waals surface area contributed by atoms with Crippen LogP contribution in [0.5, 0.6) is 11.5 Å². The lowest BCUT2D eigenvalue weighted by Gasteiger charge is -2.19. The molecule has 0 saturated carbocycles. The highest BCUT2D eigenvalue weighted by molar-refractivity contribution is 5.91. The number of imidazole rings is 1. The van der Waals surface area contributed by atoms with Crippen LogP contribution in [-0.4, -0.2) is 48.5 Å². The third kappa shape index (κ3) is 5.61. The third-order valence-corrected chi connectivity index (χ3v) is 5.97. The van der Waals surface area contributed by atoms with Gasteiger partial charge in [0, 0.05) is 57.0 Å². The topological polar surface area (TPSA) is 91.2 Å². The van der Waals surface area contributed by atoms with Crippen LogP contribution in [0.2, 0.25) is 0 Å². The number of hydrogen-bond acceptors (Lipinski definition) is 6. The lowest BCUT2D eigenvalue weighted by molar-refractivity contribution is -0.107. The molecule has 0 spiro atoms. The van der Waals surface area contributed by atoms with Crippen molar-refractivity contribution in [3.63, 3.8) is 0 Å². The van der Waals surface area contributed by atoms with Gasteiger partial charge in [-0.3, -0.25) is 0 Å². The number of para-hydroxylation sites is 1. The van der Waals surface area contributed by atoms with Crippen molar-refractivity contribution in [2.45, 2.75) is 32.1 Å². The maximum atomic E-state index is 11.1.